The minimum atomic E-state index is 0.447. The smallest absolute Gasteiger partial charge is 0.115 e. The first-order valence-electron chi connectivity index (χ1n) is 7.65. The molecule has 0 spiro atoms. The van der Waals surface area contributed by atoms with Crippen molar-refractivity contribution in [1.29, 1.82) is 0 Å². The number of rotatable bonds is 4. The van der Waals surface area contributed by atoms with Crippen LogP contribution in [0.1, 0.15) is 62.9 Å². The van der Waals surface area contributed by atoms with Crippen LogP contribution < -0.4 is 5.32 Å². The van der Waals surface area contributed by atoms with Crippen LogP contribution in [-0.2, 0) is 12.8 Å². The van der Waals surface area contributed by atoms with Crippen LogP contribution in [0.2, 0.25) is 0 Å². The molecule has 19 heavy (non-hydrogen) atoms. The number of aryl methyl sites for hydroxylation is 1. The summed E-state index contributed by atoms with van der Waals surface area (Å²) in [4.78, 5) is 9.21. The van der Waals surface area contributed by atoms with Crippen molar-refractivity contribution in [1.82, 2.24) is 15.3 Å². The maximum Gasteiger partial charge on any atom is 0.115 e. The highest BCUT2D eigenvalue weighted by molar-refractivity contribution is 5.30. The summed E-state index contributed by atoms with van der Waals surface area (Å²) in [6.45, 7) is 6.85. The Hall–Kier alpha value is -0.960. The first kappa shape index (κ1) is 14.4. The highest BCUT2D eigenvalue weighted by atomic mass is 14.9. The van der Waals surface area contributed by atoms with Crippen molar-refractivity contribution in [2.24, 2.45) is 5.92 Å². The van der Waals surface area contributed by atoms with E-state index in [-0.39, 0.29) is 0 Å². The van der Waals surface area contributed by atoms with Crippen LogP contribution >= 0.6 is 0 Å². The van der Waals surface area contributed by atoms with Gasteiger partial charge in [-0.2, -0.15) is 0 Å². The molecular weight excluding hydrogens is 234 g/mol. The average Bonchev–Trinajstić information content (AvgIpc) is 2.64. The van der Waals surface area contributed by atoms with Gasteiger partial charge in [0.15, 0.2) is 0 Å². The summed E-state index contributed by atoms with van der Waals surface area (Å²) < 4.78 is 0. The summed E-state index contributed by atoms with van der Waals surface area (Å²) in [5, 5.41) is 3.41. The molecule has 0 bridgehead atoms. The quantitative estimate of drug-likeness (QED) is 0.846. The second-order valence-corrected chi connectivity index (χ2v) is 6.09. The lowest BCUT2D eigenvalue weighted by molar-refractivity contribution is 0.385. The predicted molar refractivity (Wildman–Crippen MR) is 79.4 cm³/mol. The van der Waals surface area contributed by atoms with Crippen LogP contribution in [-0.4, -0.2) is 23.1 Å². The molecule has 2 rings (SSSR count). The minimum Gasteiger partial charge on any atom is -0.317 e. The van der Waals surface area contributed by atoms with Crippen LogP contribution in [0, 0.1) is 5.92 Å². The van der Waals surface area contributed by atoms with Gasteiger partial charge >= 0.3 is 0 Å². The number of hydrogen-bond acceptors (Lipinski definition) is 3. The number of aromatic nitrogens is 2. The van der Waals surface area contributed by atoms with E-state index in [9.17, 15) is 0 Å². The number of likely N-dealkylation sites (N-methyl/N-ethyl adjacent to an activating group) is 1. The van der Waals surface area contributed by atoms with Crippen LogP contribution in [0.3, 0.4) is 0 Å². The molecule has 0 fully saturated rings. The second kappa shape index (κ2) is 6.47. The SMILES string of the molecule is CNC(C)C(c1ncnc2c1CCCCC2)C(C)C. The highest BCUT2D eigenvalue weighted by Gasteiger charge is 2.27. The number of hydrogen-bond donors (Lipinski definition) is 1. The lowest BCUT2D eigenvalue weighted by atomic mass is 9.83. The second-order valence-electron chi connectivity index (χ2n) is 6.09. The first-order valence-corrected chi connectivity index (χ1v) is 7.65. The summed E-state index contributed by atoms with van der Waals surface area (Å²) in [7, 11) is 2.04. The van der Waals surface area contributed by atoms with E-state index in [4.69, 9.17) is 0 Å². The Bertz CT molecular complexity index is 414. The van der Waals surface area contributed by atoms with Gasteiger partial charge in [-0.25, -0.2) is 9.97 Å². The van der Waals surface area contributed by atoms with Gasteiger partial charge in [0.25, 0.3) is 0 Å². The third-order valence-corrected chi connectivity index (χ3v) is 4.44. The van der Waals surface area contributed by atoms with E-state index < -0.39 is 0 Å². The lowest BCUT2D eigenvalue weighted by Gasteiger charge is -2.29. The molecule has 1 N–H and O–H groups in total. The fraction of sp³-hybridized carbons (Fsp3) is 0.750. The molecule has 3 heteroatoms. The largest absolute Gasteiger partial charge is 0.317 e. The molecule has 2 unspecified atom stereocenters. The zero-order valence-corrected chi connectivity index (χ0v) is 12.7. The van der Waals surface area contributed by atoms with Crippen molar-refractivity contribution in [3.8, 4) is 0 Å². The van der Waals surface area contributed by atoms with Gasteiger partial charge < -0.3 is 5.32 Å². The molecule has 0 saturated heterocycles. The molecular formula is C16H27N3. The number of fused-ring (bicyclic) bond motifs is 1. The zero-order chi connectivity index (χ0) is 13.8. The van der Waals surface area contributed by atoms with Crippen molar-refractivity contribution in [2.75, 3.05) is 7.05 Å². The van der Waals surface area contributed by atoms with Gasteiger partial charge in [0.2, 0.25) is 0 Å². The first-order chi connectivity index (χ1) is 9.15. The molecule has 0 aromatic carbocycles. The van der Waals surface area contributed by atoms with E-state index in [1.54, 1.807) is 6.33 Å². The van der Waals surface area contributed by atoms with Crippen LogP contribution in [0.25, 0.3) is 0 Å². The van der Waals surface area contributed by atoms with Crippen molar-refractivity contribution in [3.63, 3.8) is 0 Å². The van der Waals surface area contributed by atoms with Gasteiger partial charge in [0, 0.05) is 17.7 Å². The van der Waals surface area contributed by atoms with Gasteiger partial charge in [-0.3, -0.25) is 0 Å². The van der Waals surface area contributed by atoms with Crippen molar-refractivity contribution in [3.05, 3.63) is 23.3 Å². The Morgan fingerprint density at radius 3 is 2.47 bits per heavy atom. The van der Waals surface area contributed by atoms with Crippen LogP contribution in [0.15, 0.2) is 6.33 Å². The molecule has 0 amide bonds. The van der Waals surface area contributed by atoms with E-state index in [0.717, 1.165) is 12.8 Å². The third-order valence-electron chi connectivity index (χ3n) is 4.44. The van der Waals surface area contributed by atoms with Crippen molar-refractivity contribution in [2.45, 2.75) is 64.8 Å². The van der Waals surface area contributed by atoms with E-state index in [0.29, 0.717) is 17.9 Å². The van der Waals surface area contributed by atoms with Gasteiger partial charge in [-0.05, 0) is 51.1 Å². The fourth-order valence-corrected chi connectivity index (χ4v) is 3.32. The Balaban J connectivity index is 2.42. The molecule has 0 saturated carbocycles. The predicted octanol–water partition coefficient (Wildman–Crippen LogP) is 3.09. The molecule has 106 valence electrons. The molecule has 2 atom stereocenters. The summed E-state index contributed by atoms with van der Waals surface area (Å²) in [6, 6.07) is 0.447. The Morgan fingerprint density at radius 2 is 1.79 bits per heavy atom. The van der Waals surface area contributed by atoms with Crippen LogP contribution in [0.5, 0.6) is 0 Å². The van der Waals surface area contributed by atoms with E-state index >= 15 is 0 Å². The highest BCUT2D eigenvalue weighted by Crippen LogP contribution is 2.32. The Labute approximate surface area is 117 Å². The van der Waals surface area contributed by atoms with E-state index in [1.165, 1.54) is 36.2 Å². The lowest BCUT2D eigenvalue weighted by Crippen LogP contribution is -2.33. The van der Waals surface area contributed by atoms with Crippen LogP contribution in [0.4, 0.5) is 0 Å². The fourth-order valence-electron chi connectivity index (χ4n) is 3.32. The van der Waals surface area contributed by atoms with Gasteiger partial charge in [0.1, 0.15) is 6.33 Å². The maximum absolute atomic E-state index is 4.67. The average molecular weight is 261 g/mol. The van der Waals surface area contributed by atoms with Gasteiger partial charge in [0.05, 0.1) is 5.69 Å². The minimum absolute atomic E-state index is 0.447. The Morgan fingerprint density at radius 1 is 1.05 bits per heavy atom. The normalized spacial score (nSPS) is 18.8. The van der Waals surface area contributed by atoms with E-state index in [1.807, 2.05) is 7.05 Å². The molecule has 1 aromatic heterocycles. The van der Waals surface area contributed by atoms with Crippen molar-refractivity contribution >= 4 is 0 Å². The van der Waals surface area contributed by atoms with E-state index in [2.05, 4.69) is 36.1 Å². The molecule has 1 aliphatic carbocycles. The zero-order valence-electron chi connectivity index (χ0n) is 12.7. The summed E-state index contributed by atoms with van der Waals surface area (Å²) in [5.74, 6) is 1.06. The van der Waals surface area contributed by atoms with Gasteiger partial charge in [-0.1, -0.05) is 20.3 Å². The summed E-state index contributed by atoms with van der Waals surface area (Å²) in [6.07, 6.45) is 7.94. The molecule has 1 aromatic rings. The Kier molecular flexibility index (Phi) is 4.92. The molecule has 1 heterocycles. The molecule has 0 aliphatic heterocycles. The number of nitrogens with one attached hydrogen (secondary N) is 1. The maximum atomic E-state index is 4.67. The molecule has 3 nitrogen and oxygen atoms in total. The third kappa shape index (κ3) is 3.14. The van der Waals surface area contributed by atoms with Crippen molar-refractivity contribution < 1.29 is 0 Å². The molecule has 1 aliphatic rings. The topological polar surface area (TPSA) is 37.8 Å². The molecule has 0 radical (unpaired) electrons. The summed E-state index contributed by atoms with van der Waals surface area (Å²) >= 11 is 0. The standard InChI is InChI=1S/C16H27N3/c1-11(2)15(12(3)17-4)16-13-8-6-5-7-9-14(13)18-10-19-16/h10-12,15,17H,5-9H2,1-4H3. The number of nitrogens with zero attached hydrogens (tertiary/aromatic N) is 2. The summed E-state index contributed by atoms with van der Waals surface area (Å²) in [5.41, 5.74) is 4.04. The van der Waals surface area contributed by atoms with Gasteiger partial charge in [-0.15, -0.1) is 0 Å². The monoisotopic (exact) mass is 261 g/mol.